The maximum absolute atomic E-state index is 5.50. The first-order chi connectivity index (χ1) is 11.7. The number of fused-ring (bicyclic) bond motifs is 1. The van der Waals surface area contributed by atoms with Crippen molar-refractivity contribution in [2.24, 2.45) is 5.92 Å². The highest BCUT2D eigenvalue weighted by molar-refractivity contribution is 5.79. The van der Waals surface area contributed by atoms with Crippen LogP contribution in [0.15, 0.2) is 48.5 Å². The Hall–Kier alpha value is -2.49. The Morgan fingerprint density at radius 1 is 1.08 bits per heavy atom. The molecular formula is C20H25N3O. The van der Waals surface area contributed by atoms with Crippen molar-refractivity contribution in [1.82, 2.24) is 9.55 Å². The van der Waals surface area contributed by atoms with Crippen LogP contribution in [0.1, 0.15) is 27.2 Å². The van der Waals surface area contributed by atoms with Gasteiger partial charge >= 0.3 is 0 Å². The minimum atomic E-state index is 0.657. The highest BCUT2D eigenvalue weighted by Gasteiger charge is 2.11. The molecule has 1 aromatic heterocycles. The van der Waals surface area contributed by atoms with Crippen molar-refractivity contribution in [1.29, 1.82) is 0 Å². The summed E-state index contributed by atoms with van der Waals surface area (Å²) in [6, 6.07) is 16.3. The lowest BCUT2D eigenvalue weighted by molar-refractivity contribution is 0.340. The third kappa shape index (κ3) is 3.70. The lowest BCUT2D eigenvalue weighted by Crippen LogP contribution is -2.06. The van der Waals surface area contributed by atoms with E-state index in [1.54, 1.807) is 0 Å². The number of para-hydroxylation sites is 2. The Morgan fingerprint density at radius 2 is 1.83 bits per heavy atom. The van der Waals surface area contributed by atoms with Gasteiger partial charge in [0.1, 0.15) is 5.75 Å². The first-order valence-corrected chi connectivity index (χ1v) is 8.62. The molecule has 3 aromatic rings. The SMILES string of the molecule is CCOc1ccc(Nc2nc3ccccc3n2CCC(C)C)cc1. The summed E-state index contributed by atoms with van der Waals surface area (Å²) < 4.78 is 7.77. The Bertz CT molecular complexity index is 790. The summed E-state index contributed by atoms with van der Waals surface area (Å²) in [5.41, 5.74) is 3.21. The summed E-state index contributed by atoms with van der Waals surface area (Å²) in [5.74, 6) is 2.43. The summed E-state index contributed by atoms with van der Waals surface area (Å²) in [4.78, 5) is 4.77. The molecule has 4 heteroatoms. The Morgan fingerprint density at radius 3 is 2.54 bits per heavy atom. The van der Waals surface area contributed by atoms with Gasteiger partial charge in [-0.2, -0.15) is 0 Å². The van der Waals surface area contributed by atoms with Crippen LogP contribution < -0.4 is 10.1 Å². The van der Waals surface area contributed by atoms with Crippen molar-refractivity contribution >= 4 is 22.7 Å². The van der Waals surface area contributed by atoms with Crippen LogP contribution in [0.2, 0.25) is 0 Å². The van der Waals surface area contributed by atoms with Gasteiger partial charge in [0.15, 0.2) is 0 Å². The minimum absolute atomic E-state index is 0.657. The number of aryl methyl sites for hydroxylation is 1. The molecule has 126 valence electrons. The van der Waals surface area contributed by atoms with E-state index >= 15 is 0 Å². The molecule has 0 fully saturated rings. The van der Waals surface area contributed by atoms with Gasteiger partial charge in [0.05, 0.1) is 17.6 Å². The summed E-state index contributed by atoms with van der Waals surface area (Å²) in [5, 5.41) is 3.45. The number of hydrogen-bond acceptors (Lipinski definition) is 3. The van der Waals surface area contributed by atoms with Gasteiger partial charge in [0, 0.05) is 12.2 Å². The molecule has 0 aliphatic carbocycles. The van der Waals surface area contributed by atoms with E-state index in [1.165, 1.54) is 5.52 Å². The predicted octanol–water partition coefficient (Wildman–Crippen LogP) is 5.22. The third-order valence-corrected chi connectivity index (χ3v) is 4.01. The smallest absolute Gasteiger partial charge is 0.208 e. The third-order valence-electron chi connectivity index (χ3n) is 4.01. The topological polar surface area (TPSA) is 39.1 Å². The average Bonchev–Trinajstić information content (AvgIpc) is 2.92. The van der Waals surface area contributed by atoms with Gasteiger partial charge in [-0.25, -0.2) is 4.98 Å². The second-order valence-electron chi connectivity index (χ2n) is 6.34. The van der Waals surface area contributed by atoms with Crippen LogP contribution in [0, 0.1) is 5.92 Å². The van der Waals surface area contributed by atoms with E-state index in [2.05, 4.69) is 41.9 Å². The second-order valence-corrected chi connectivity index (χ2v) is 6.34. The number of ether oxygens (including phenoxy) is 1. The van der Waals surface area contributed by atoms with E-state index in [4.69, 9.17) is 9.72 Å². The molecule has 0 aliphatic rings. The van der Waals surface area contributed by atoms with Crippen molar-refractivity contribution in [2.75, 3.05) is 11.9 Å². The molecule has 0 aliphatic heterocycles. The molecule has 2 aromatic carbocycles. The largest absolute Gasteiger partial charge is 0.494 e. The normalized spacial score (nSPS) is 11.2. The fourth-order valence-electron chi connectivity index (χ4n) is 2.71. The lowest BCUT2D eigenvalue weighted by atomic mass is 10.1. The van der Waals surface area contributed by atoms with Crippen LogP contribution >= 0.6 is 0 Å². The van der Waals surface area contributed by atoms with Crippen molar-refractivity contribution in [3.05, 3.63) is 48.5 Å². The summed E-state index contributed by atoms with van der Waals surface area (Å²) in [6.07, 6.45) is 1.12. The van der Waals surface area contributed by atoms with Crippen LogP contribution in [-0.4, -0.2) is 16.2 Å². The van der Waals surface area contributed by atoms with Crippen molar-refractivity contribution < 1.29 is 4.74 Å². The zero-order valence-corrected chi connectivity index (χ0v) is 14.6. The first-order valence-electron chi connectivity index (χ1n) is 8.62. The molecule has 0 saturated carbocycles. The van der Waals surface area contributed by atoms with Crippen LogP contribution in [0.25, 0.3) is 11.0 Å². The maximum Gasteiger partial charge on any atom is 0.208 e. The van der Waals surface area contributed by atoms with Crippen molar-refractivity contribution in [2.45, 2.75) is 33.7 Å². The number of nitrogens with one attached hydrogen (secondary N) is 1. The molecule has 0 bridgehead atoms. The fourth-order valence-corrected chi connectivity index (χ4v) is 2.71. The molecule has 24 heavy (non-hydrogen) atoms. The molecule has 0 atom stereocenters. The summed E-state index contributed by atoms with van der Waals surface area (Å²) in [7, 11) is 0. The Labute approximate surface area is 143 Å². The molecule has 0 saturated heterocycles. The quantitative estimate of drug-likeness (QED) is 0.647. The molecule has 0 amide bonds. The number of nitrogens with zero attached hydrogens (tertiary/aromatic N) is 2. The van der Waals surface area contributed by atoms with E-state index < -0.39 is 0 Å². The summed E-state index contributed by atoms with van der Waals surface area (Å²) in [6.45, 7) is 8.12. The van der Waals surface area contributed by atoms with Gasteiger partial charge in [0.2, 0.25) is 5.95 Å². The molecule has 0 spiro atoms. The highest BCUT2D eigenvalue weighted by atomic mass is 16.5. The van der Waals surface area contributed by atoms with Crippen molar-refractivity contribution in [3.63, 3.8) is 0 Å². The number of hydrogen-bond donors (Lipinski definition) is 1. The van der Waals surface area contributed by atoms with Crippen LogP contribution in [0.4, 0.5) is 11.6 Å². The van der Waals surface area contributed by atoms with Gasteiger partial charge in [0.25, 0.3) is 0 Å². The molecular weight excluding hydrogens is 298 g/mol. The Kier molecular flexibility index (Phi) is 5.04. The van der Waals surface area contributed by atoms with Crippen molar-refractivity contribution in [3.8, 4) is 5.75 Å². The molecule has 0 unspecified atom stereocenters. The number of aromatic nitrogens is 2. The van der Waals surface area contributed by atoms with E-state index in [1.807, 2.05) is 37.3 Å². The van der Waals surface area contributed by atoms with Gasteiger partial charge < -0.3 is 14.6 Å². The Balaban J connectivity index is 1.88. The number of imidazole rings is 1. The molecule has 1 N–H and O–H groups in total. The van der Waals surface area contributed by atoms with Gasteiger partial charge in [-0.05, 0) is 55.7 Å². The van der Waals surface area contributed by atoms with Crippen LogP contribution in [-0.2, 0) is 6.54 Å². The maximum atomic E-state index is 5.50. The van der Waals surface area contributed by atoms with Gasteiger partial charge in [-0.15, -0.1) is 0 Å². The number of rotatable bonds is 7. The molecule has 3 rings (SSSR count). The lowest BCUT2D eigenvalue weighted by Gasteiger charge is -2.12. The van der Waals surface area contributed by atoms with Crippen LogP contribution in [0.3, 0.4) is 0 Å². The number of benzene rings is 2. The van der Waals surface area contributed by atoms with E-state index in [0.29, 0.717) is 12.5 Å². The fraction of sp³-hybridized carbons (Fsp3) is 0.350. The standard InChI is InChI=1S/C20H25N3O/c1-4-24-17-11-9-16(10-12-17)21-20-22-18-7-5-6-8-19(18)23(20)14-13-15(2)3/h5-12,15H,4,13-14H2,1-3H3,(H,21,22). The molecule has 4 nitrogen and oxygen atoms in total. The predicted molar refractivity (Wildman–Crippen MR) is 100 cm³/mol. The van der Waals surface area contributed by atoms with E-state index in [9.17, 15) is 0 Å². The average molecular weight is 323 g/mol. The van der Waals surface area contributed by atoms with E-state index in [0.717, 1.165) is 35.9 Å². The highest BCUT2D eigenvalue weighted by Crippen LogP contribution is 2.25. The monoisotopic (exact) mass is 323 g/mol. The zero-order chi connectivity index (χ0) is 16.9. The number of anilines is 2. The van der Waals surface area contributed by atoms with Crippen LogP contribution in [0.5, 0.6) is 5.75 Å². The van der Waals surface area contributed by atoms with E-state index in [-0.39, 0.29) is 0 Å². The zero-order valence-electron chi connectivity index (χ0n) is 14.6. The van der Waals surface area contributed by atoms with Gasteiger partial charge in [-0.1, -0.05) is 26.0 Å². The second kappa shape index (κ2) is 7.39. The summed E-state index contributed by atoms with van der Waals surface area (Å²) >= 11 is 0. The first kappa shape index (κ1) is 16.4. The molecule has 1 heterocycles. The van der Waals surface area contributed by atoms with Gasteiger partial charge in [-0.3, -0.25) is 0 Å². The minimum Gasteiger partial charge on any atom is -0.494 e. The molecule has 0 radical (unpaired) electrons.